The van der Waals surface area contributed by atoms with E-state index >= 15 is 0 Å². The first kappa shape index (κ1) is 27.2. The summed E-state index contributed by atoms with van der Waals surface area (Å²) in [5.74, 6) is 0.147. The van der Waals surface area contributed by atoms with Gasteiger partial charge in [0.15, 0.2) is 0 Å². The van der Waals surface area contributed by atoms with Crippen LogP contribution in [0.2, 0.25) is 5.02 Å². The molecule has 0 saturated heterocycles. The molecule has 7 nitrogen and oxygen atoms in total. The van der Waals surface area contributed by atoms with Crippen molar-refractivity contribution in [1.29, 1.82) is 0 Å². The van der Waals surface area contributed by atoms with Gasteiger partial charge in [-0.2, -0.15) is 0 Å². The van der Waals surface area contributed by atoms with E-state index in [1.54, 1.807) is 53.1 Å². The summed E-state index contributed by atoms with van der Waals surface area (Å²) in [5, 5.41) is 0.601. The highest BCUT2D eigenvalue weighted by molar-refractivity contribution is 6.30. The molecule has 3 aromatic rings. The number of rotatable bonds is 8. The number of anilines is 2. The fourth-order valence-electron chi connectivity index (χ4n) is 4.86. The lowest BCUT2D eigenvalue weighted by Crippen LogP contribution is -2.47. The minimum absolute atomic E-state index is 0.0822. The number of esters is 1. The summed E-state index contributed by atoms with van der Waals surface area (Å²) >= 11 is 6.08. The van der Waals surface area contributed by atoms with Crippen LogP contribution in [0.3, 0.4) is 0 Å². The van der Waals surface area contributed by atoms with Crippen LogP contribution in [0.4, 0.5) is 11.4 Å². The quantitative estimate of drug-likeness (QED) is 0.254. The molecule has 0 radical (unpaired) electrons. The van der Waals surface area contributed by atoms with Crippen molar-refractivity contribution in [3.8, 4) is 5.75 Å². The Bertz CT molecular complexity index is 1290. The molecular formula is C30H31ClN2O5. The van der Waals surface area contributed by atoms with E-state index in [0.29, 0.717) is 42.2 Å². The third-order valence-corrected chi connectivity index (χ3v) is 6.91. The van der Waals surface area contributed by atoms with Crippen LogP contribution in [0, 0.1) is 0 Å². The first-order chi connectivity index (χ1) is 18.3. The number of hydrogen-bond acceptors (Lipinski definition) is 5. The minimum atomic E-state index is -0.271. The molecule has 2 atom stereocenters. The van der Waals surface area contributed by atoms with Crippen LogP contribution in [0.1, 0.15) is 55.1 Å². The number of halogens is 1. The number of para-hydroxylation sites is 1. The molecule has 8 heteroatoms. The Balaban J connectivity index is 1.55. The predicted molar refractivity (Wildman–Crippen MR) is 148 cm³/mol. The standard InChI is InChI=1S/C30H31ClN2O5/c1-20-19-28(33(21(2)34)24-14-12-23(31)13-15-24)26-7-4-5-8-27(26)32(20)30(36)22-10-16-25(17-11-22)38-18-6-9-29(35)37-3/h4-5,7-8,10-17,20,28H,6,9,18-19H2,1-3H3. The Hall–Kier alpha value is -3.84. The SMILES string of the molecule is COC(=O)CCCOc1ccc(C(=O)N2c3ccccc3C(N(C(C)=O)c3ccc(Cl)cc3)CC2C)cc1. The van der Waals surface area contributed by atoms with Crippen molar-refractivity contribution in [3.63, 3.8) is 0 Å². The van der Waals surface area contributed by atoms with Gasteiger partial charge in [0.2, 0.25) is 5.91 Å². The van der Waals surface area contributed by atoms with Gasteiger partial charge in [0, 0.05) is 41.3 Å². The maximum absolute atomic E-state index is 13.7. The lowest BCUT2D eigenvalue weighted by atomic mass is 9.89. The number of methoxy groups -OCH3 is 1. The van der Waals surface area contributed by atoms with Crippen molar-refractivity contribution in [1.82, 2.24) is 0 Å². The fourth-order valence-corrected chi connectivity index (χ4v) is 4.99. The van der Waals surface area contributed by atoms with Crippen molar-refractivity contribution in [3.05, 3.63) is 88.9 Å². The smallest absolute Gasteiger partial charge is 0.305 e. The van der Waals surface area contributed by atoms with Gasteiger partial charge in [-0.1, -0.05) is 29.8 Å². The van der Waals surface area contributed by atoms with Gasteiger partial charge in [-0.3, -0.25) is 14.4 Å². The predicted octanol–water partition coefficient (Wildman–Crippen LogP) is 6.21. The normalized spacial score (nSPS) is 16.4. The van der Waals surface area contributed by atoms with Gasteiger partial charge in [0.05, 0.1) is 19.8 Å². The molecule has 0 aromatic heterocycles. The Morgan fingerprint density at radius 2 is 1.68 bits per heavy atom. The molecule has 0 aliphatic carbocycles. The number of hydrogen-bond donors (Lipinski definition) is 0. The number of ether oxygens (including phenoxy) is 2. The van der Waals surface area contributed by atoms with Crippen LogP contribution in [0.5, 0.6) is 5.75 Å². The maximum atomic E-state index is 13.7. The number of nitrogens with zero attached hydrogens (tertiary/aromatic N) is 2. The first-order valence-electron chi connectivity index (χ1n) is 12.6. The van der Waals surface area contributed by atoms with Crippen LogP contribution in [0.25, 0.3) is 0 Å². The number of fused-ring (bicyclic) bond motifs is 1. The number of amides is 2. The average molecular weight is 535 g/mol. The second kappa shape index (κ2) is 12.1. The Kier molecular flexibility index (Phi) is 8.69. The van der Waals surface area contributed by atoms with Crippen LogP contribution in [-0.2, 0) is 14.3 Å². The van der Waals surface area contributed by atoms with Crippen molar-refractivity contribution in [2.24, 2.45) is 0 Å². The van der Waals surface area contributed by atoms with Gasteiger partial charge in [-0.05, 0) is 79.9 Å². The Morgan fingerprint density at radius 1 is 1.00 bits per heavy atom. The fraction of sp³-hybridized carbons (Fsp3) is 0.300. The van der Waals surface area contributed by atoms with Crippen molar-refractivity contribution in [2.75, 3.05) is 23.5 Å². The zero-order valence-corrected chi connectivity index (χ0v) is 22.5. The third-order valence-electron chi connectivity index (χ3n) is 6.66. The van der Waals surface area contributed by atoms with E-state index < -0.39 is 0 Å². The zero-order chi connectivity index (χ0) is 27.2. The molecule has 0 saturated carbocycles. The lowest BCUT2D eigenvalue weighted by Gasteiger charge is -2.43. The molecular weight excluding hydrogens is 504 g/mol. The molecule has 0 bridgehead atoms. The summed E-state index contributed by atoms with van der Waals surface area (Å²) < 4.78 is 10.3. The Labute approximate surface area is 227 Å². The second-order valence-corrected chi connectivity index (χ2v) is 9.69. The van der Waals surface area contributed by atoms with Gasteiger partial charge < -0.3 is 19.3 Å². The van der Waals surface area contributed by atoms with Gasteiger partial charge in [0.1, 0.15) is 5.75 Å². The van der Waals surface area contributed by atoms with Crippen molar-refractivity contribution < 1.29 is 23.9 Å². The molecule has 3 aromatic carbocycles. The monoisotopic (exact) mass is 534 g/mol. The zero-order valence-electron chi connectivity index (χ0n) is 21.7. The van der Waals surface area contributed by atoms with Crippen LogP contribution in [0.15, 0.2) is 72.8 Å². The van der Waals surface area contributed by atoms with E-state index in [0.717, 1.165) is 16.9 Å². The second-order valence-electron chi connectivity index (χ2n) is 9.25. The van der Waals surface area contributed by atoms with Gasteiger partial charge in [-0.25, -0.2) is 0 Å². The van der Waals surface area contributed by atoms with Crippen LogP contribution >= 0.6 is 11.6 Å². The summed E-state index contributed by atoms with van der Waals surface area (Å²) in [6.07, 6.45) is 1.41. The lowest BCUT2D eigenvalue weighted by molar-refractivity contribution is -0.140. The molecule has 2 unspecified atom stereocenters. The molecule has 2 amide bonds. The molecule has 4 rings (SSSR count). The largest absolute Gasteiger partial charge is 0.494 e. The number of benzene rings is 3. The maximum Gasteiger partial charge on any atom is 0.305 e. The summed E-state index contributed by atoms with van der Waals surface area (Å²) in [7, 11) is 1.36. The van der Waals surface area contributed by atoms with E-state index in [4.69, 9.17) is 16.3 Å². The van der Waals surface area contributed by atoms with E-state index in [9.17, 15) is 14.4 Å². The molecule has 0 spiro atoms. The molecule has 1 aliphatic heterocycles. The van der Waals surface area contributed by atoms with Crippen LogP contribution in [-0.4, -0.2) is 37.5 Å². The van der Waals surface area contributed by atoms with Gasteiger partial charge in [-0.15, -0.1) is 0 Å². The van der Waals surface area contributed by atoms with Crippen LogP contribution < -0.4 is 14.5 Å². The molecule has 1 aliphatic rings. The third kappa shape index (κ3) is 6.00. The highest BCUT2D eigenvalue weighted by Crippen LogP contribution is 2.43. The van der Waals surface area contributed by atoms with Gasteiger partial charge in [0.25, 0.3) is 5.91 Å². The highest BCUT2D eigenvalue weighted by Gasteiger charge is 2.38. The first-order valence-corrected chi connectivity index (χ1v) is 13.0. The summed E-state index contributed by atoms with van der Waals surface area (Å²) in [6.45, 7) is 3.93. The molecule has 1 heterocycles. The minimum Gasteiger partial charge on any atom is -0.494 e. The van der Waals surface area contributed by atoms with E-state index in [1.165, 1.54) is 7.11 Å². The van der Waals surface area contributed by atoms with Crippen molar-refractivity contribution in [2.45, 2.75) is 45.2 Å². The molecule has 0 N–H and O–H groups in total. The van der Waals surface area contributed by atoms with Crippen molar-refractivity contribution >= 4 is 40.8 Å². The number of carbonyl (C=O) groups is 3. The molecule has 198 valence electrons. The summed E-state index contributed by atoms with van der Waals surface area (Å²) in [6, 6.07) is 21.6. The average Bonchev–Trinajstić information content (AvgIpc) is 2.92. The molecule has 38 heavy (non-hydrogen) atoms. The highest BCUT2D eigenvalue weighted by atomic mass is 35.5. The number of carbonyl (C=O) groups excluding carboxylic acids is 3. The Morgan fingerprint density at radius 3 is 2.34 bits per heavy atom. The topological polar surface area (TPSA) is 76.2 Å². The summed E-state index contributed by atoms with van der Waals surface area (Å²) in [5.41, 5.74) is 2.99. The van der Waals surface area contributed by atoms with Gasteiger partial charge >= 0.3 is 5.97 Å². The van der Waals surface area contributed by atoms with E-state index in [1.807, 2.05) is 43.3 Å². The van der Waals surface area contributed by atoms with E-state index in [-0.39, 0.29) is 29.9 Å². The van der Waals surface area contributed by atoms with E-state index in [2.05, 4.69) is 4.74 Å². The summed E-state index contributed by atoms with van der Waals surface area (Å²) in [4.78, 5) is 41.4. The molecule has 0 fully saturated rings.